The predicted molar refractivity (Wildman–Crippen MR) is 110 cm³/mol. The van der Waals surface area contributed by atoms with Crippen molar-refractivity contribution in [1.29, 1.82) is 0 Å². The molecule has 0 saturated heterocycles. The van der Waals surface area contributed by atoms with Gasteiger partial charge in [-0.25, -0.2) is 0 Å². The van der Waals surface area contributed by atoms with Crippen molar-refractivity contribution in [3.05, 3.63) is 88.6 Å². The molecule has 0 bridgehead atoms. The van der Waals surface area contributed by atoms with Gasteiger partial charge in [-0.1, -0.05) is 41.5 Å². The van der Waals surface area contributed by atoms with Gasteiger partial charge >= 0.3 is 0 Å². The summed E-state index contributed by atoms with van der Waals surface area (Å²) in [5.41, 5.74) is 9.28. The Morgan fingerprint density at radius 1 is 0.741 bits per heavy atom. The average molecular weight is 349 g/mol. The second kappa shape index (κ2) is 5.62. The zero-order chi connectivity index (χ0) is 18.7. The minimum Gasteiger partial charge on any atom is -0.289 e. The van der Waals surface area contributed by atoms with Crippen molar-refractivity contribution in [3.63, 3.8) is 0 Å². The summed E-state index contributed by atoms with van der Waals surface area (Å²) in [5.74, 6) is 0.129. The third kappa shape index (κ3) is 2.26. The van der Waals surface area contributed by atoms with Crippen LogP contribution in [0.1, 0.15) is 32.6 Å². The zero-order valence-electron chi connectivity index (χ0n) is 15.6. The van der Waals surface area contributed by atoms with Crippen LogP contribution in [0, 0.1) is 20.8 Å². The molecule has 1 aromatic heterocycles. The molecule has 3 aromatic carbocycles. The van der Waals surface area contributed by atoms with Gasteiger partial charge in [-0.15, -0.1) is 0 Å². The Hall–Kier alpha value is -3.26. The Balaban J connectivity index is 1.86. The number of rotatable bonds is 1. The molecule has 5 rings (SSSR count). The first-order valence-electron chi connectivity index (χ1n) is 9.19. The molecule has 0 saturated carbocycles. The number of ketones is 1. The molecule has 27 heavy (non-hydrogen) atoms. The van der Waals surface area contributed by atoms with E-state index in [1.54, 1.807) is 0 Å². The molecule has 1 heterocycles. The average Bonchev–Trinajstić information content (AvgIpc) is 2.94. The van der Waals surface area contributed by atoms with E-state index in [0.29, 0.717) is 0 Å². The van der Waals surface area contributed by atoms with E-state index >= 15 is 0 Å². The van der Waals surface area contributed by atoms with Crippen LogP contribution in [-0.4, -0.2) is 10.8 Å². The van der Waals surface area contributed by atoms with Crippen LogP contribution in [0.15, 0.2) is 60.8 Å². The summed E-state index contributed by atoms with van der Waals surface area (Å²) in [5, 5.41) is 2.18. The maximum Gasteiger partial charge on any atom is 0.194 e. The lowest BCUT2D eigenvalue weighted by molar-refractivity contribution is 0.104. The quantitative estimate of drug-likeness (QED) is 0.369. The number of carbonyl (C=O) groups excluding carboxylic acids is 1. The van der Waals surface area contributed by atoms with Gasteiger partial charge in [0.25, 0.3) is 0 Å². The lowest BCUT2D eigenvalue weighted by atomic mass is 9.94. The first kappa shape index (κ1) is 16.0. The van der Waals surface area contributed by atoms with Gasteiger partial charge in [0.15, 0.2) is 5.78 Å². The van der Waals surface area contributed by atoms with Crippen LogP contribution in [0.3, 0.4) is 0 Å². The molecule has 0 atom stereocenters. The van der Waals surface area contributed by atoms with Crippen LogP contribution in [0.5, 0.6) is 0 Å². The van der Waals surface area contributed by atoms with Crippen LogP contribution in [0.25, 0.3) is 33.2 Å². The highest BCUT2D eigenvalue weighted by Gasteiger charge is 2.29. The molecule has 130 valence electrons. The van der Waals surface area contributed by atoms with Gasteiger partial charge in [-0.05, 0) is 61.5 Å². The molecular weight excluding hydrogens is 330 g/mol. The number of carbonyl (C=O) groups is 1. The zero-order valence-corrected chi connectivity index (χ0v) is 15.6. The predicted octanol–water partition coefficient (Wildman–Crippen LogP) is 6.04. The van der Waals surface area contributed by atoms with E-state index in [2.05, 4.69) is 38.1 Å². The summed E-state index contributed by atoms with van der Waals surface area (Å²) in [4.78, 5) is 17.7. The van der Waals surface area contributed by atoms with Crippen molar-refractivity contribution >= 4 is 16.6 Å². The van der Waals surface area contributed by atoms with Gasteiger partial charge in [0.2, 0.25) is 0 Å². The van der Waals surface area contributed by atoms with Crippen LogP contribution in [0.2, 0.25) is 0 Å². The second-order valence-electron chi connectivity index (χ2n) is 7.45. The van der Waals surface area contributed by atoms with Crippen molar-refractivity contribution in [3.8, 4) is 22.4 Å². The van der Waals surface area contributed by atoms with Gasteiger partial charge in [-0.2, -0.15) is 0 Å². The molecule has 2 heteroatoms. The maximum atomic E-state index is 13.0. The molecule has 2 nitrogen and oxygen atoms in total. The monoisotopic (exact) mass is 349 g/mol. The van der Waals surface area contributed by atoms with Crippen LogP contribution >= 0.6 is 0 Å². The minimum absolute atomic E-state index is 0.129. The Bertz CT molecular complexity index is 1250. The summed E-state index contributed by atoms with van der Waals surface area (Å²) in [6.45, 7) is 6.22. The first-order valence-corrected chi connectivity index (χ1v) is 9.19. The van der Waals surface area contributed by atoms with E-state index in [9.17, 15) is 4.79 Å². The fourth-order valence-electron chi connectivity index (χ4n) is 4.39. The summed E-state index contributed by atoms with van der Waals surface area (Å²) in [6, 6.07) is 18.7. The molecule has 0 spiro atoms. The molecule has 4 aromatic rings. The van der Waals surface area contributed by atoms with Crippen LogP contribution in [0.4, 0.5) is 0 Å². The molecule has 0 fully saturated rings. The minimum atomic E-state index is 0.129. The molecule has 0 unspecified atom stereocenters. The van der Waals surface area contributed by atoms with E-state index < -0.39 is 0 Å². The third-order valence-corrected chi connectivity index (χ3v) is 5.45. The molecule has 1 aliphatic rings. The van der Waals surface area contributed by atoms with E-state index in [-0.39, 0.29) is 5.78 Å². The van der Waals surface area contributed by atoms with Crippen molar-refractivity contribution in [2.24, 2.45) is 0 Å². The summed E-state index contributed by atoms with van der Waals surface area (Å²) >= 11 is 0. The van der Waals surface area contributed by atoms with Gasteiger partial charge in [0.05, 0.1) is 5.69 Å². The first-order chi connectivity index (χ1) is 13.0. The fraction of sp³-hybridized carbons (Fsp3) is 0.120. The Kier molecular flexibility index (Phi) is 3.32. The SMILES string of the molecule is Cc1cc(C)cc(-c2nccc3c4c(ccc23)C(=O)c2c(C)cccc2-4)c1. The van der Waals surface area contributed by atoms with E-state index in [4.69, 9.17) is 4.98 Å². The molecule has 1 aliphatic carbocycles. The van der Waals surface area contributed by atoms with Crippen molar-refractivity contribution in [2.75, 3.05) is 0 Å². The summed E-state index contributed by atoms with van der Waals surface area (Å²) < 4.78 is 0. The van der Waals surface area contributed by atoms with Gasteiger partial charge in [0, 0.05) is 33.8 Å². The summed E-state index contributed by atoms with van der Waals surface area (Å²) in [6.07, 6.45) is 1.86. The number of hydrogen-bond donors (Lipinski definition) is 0. The number of aryl methyl sites for hydroxylation is 3. The number of nitrogens with zero attached hydrogens (tertiary/aromatic N) is 1. The maximum absolute atomic E-state index is 13.0. The molecular formula is C25H19NO. The smallest absolute Gasteiger partial charge is 0.194 e. The van der Waals surface area contributed by atoms with Crippen molar-refractivity contribution in [1.82, 2.24) is 4.98 Å². The number of pyridine rings is 1. The van der Waals surface area contributed by atoms with Crippen LogP contribution < -0.4 is 0 Å². The fourth-order valence-corrected chi connectivity index (χ4v) is 4.39. The highest BCUT2D eigenvalue weighted by atomic mass is 16.1. The normalized spacial score (nSPS) is 12.3. The number of aromatic nitrogens is 1. The highest BCUT2D eigenvalue weighted by Crippen LogP contribution is 2.43. The Labute approximate surface area is 158 Å². The Morgan fingerprint density at radius 2 is 1.52 bits per heavy atom. The van der Waals surface area contributed by atoms with Gasteiger partial charge in [0.1, 0.15) is 0 Å². The number of benzene rings is 3. The molecule has 0 amide bonds. The van der Waals surface area contributed by atoms with Crippen molar-refractivity contribution in [2.45, 2.75) is 20.8 Å². The number of fused-ring (bicyclic) bond motifs is 5. The summed E-state index contributed by atoms with van der Waals surface area (Å²) in [7, 11) is 0. The molecule has 0 radical (unpaired) electrons. The van der Waals surface area contributed by atoms with E-state index in [1.165, 1.54) is 11.1 Å². The third-order valence-electron chi connectivity index (χ3n) is 5.45. The molecule has 0 aliphatic heterocycles. The topological polar surface area (TPSA) is 30.0 Å². The highest BCUT2D eigenvalue weighted by molar-refractivity contribution is 6.27. The van der Waals surface area contributed by atoms with Crippen molar-refractivity contribution < 1.29 is 4.79 Å². The largest absolute Gasteiger partial charge is 0.289 e. The van der Waals surface area contributed by atoms with Gasteiger partial charge < -0.3 is 0 Å². The molecule has 0 N–H and O–H groups in total. The van der Waals surface area contributed by atoms with Gasteiger partial charge in [-0.3, -0.25) is 9.78 Å². The standard InChI is InChI=1S/C25H19NO/c1-14-11-15(2)13-17(12-14)24-19-7-8-21-23(18(19)9-10-26-24)20-6-4-5-16(3)22(20)25(21)27/h4-13H,1-3H3. The Morgan fingerprint density at radius 3 is 2.30 bits per heavy atom. The van der Waals surface area contributed by atoms with Crippen LogP contribution in [-0.2, 0) is 0 Å². The second-order valence-corrected chi connectivity index (χ2v) is 7.45. The lowest BCUT2D eigenvalue weighted by Gasteiger charge is -2.11. The van der Waals surface area contributed by atoms with E-state index in [0.717, 1.165) is 49.8 Å². The lowest BCUT2D eigenvalue weighted by Crippen LogP contribution is -1.97. The number of hydrogen-bond acceptors (Lipinski definition) is 2. The van der Waals surface area contributed by atoms with E-state index in [1.807, 2.05) is 43.5 Å².